The Morgan fingerprint density at radius 1 is 1.05 bits per heavy atom. The number of rotatable bonds is 5. The van der Waals surface area contributed by atoms with Gasteiger partial charge in [-0.1, -0.05) is 6.92 Å². The fraction of sp³-hybridized carbons (Fsp3) is 0.750. The Labute approximate surface area is 113 Å². The van der Waals surface area contributed by atoms with Crippen LogP contribution in [0.15, 0.2) is 0 Å². The lowest BCUT2D eigenvalue weighted by Crippen LogP contribution is -2.56. The molecule has 1 atom stereocenters. The average molecular weight is 273 g/mol. The molecule has 7 heteroatoms. The standard InChI is InChI=1S/C12H23N3O4/c1-6-12(5,9(17)18)15-10(19)13-7-8(16)14-11(2,3)4/h6-7H2,1-5H3,(H,14,16)(H,17,18)(H2,13,15,19). The smallest absolute Gasteiger partial charge is 0.329 e. The molecule has 4 N–H and O–H groups in total. The molecule has 0 fully saturated rings. The van der Waals surface area contributed by atoms with Crippen molar-refractivity contribution in [2.45, 2.75) is 52.1 Å². The molecule has 0 radical (unpaired) electrons. The molecule has 19 heavy (non-hydrogen) atoms. The summed E-state index contributed by atoms with van der Waals surface area (Å²) in [5.41, 5.74) is -1.72. The van der Waals surface area contributed by atoms with Crippen LogP contribution in [0, 0.1) is 0 Å². The van der Waals surface area contributed by atoms with Crippen molar-refractivity contribution in [1.29, 1.82) is 0 Å². The Morgan fingerprint density at radius 2 is 1.58 bits per heavy atom. The first kappa shape index (κ1) is 17.2. The largest absolute Gasteiger partial charge is 0.480 e. The average Bonchev–Trinajstić information content (AvgIpc) is 2.23. The van der Waals surface area contributed by atoms with Gasteiger partial charge in [-0.15, -0.1) is 0 Å². The lowest BCUT2D eigenvalue weighted by atomic mass is 10.00. The van der Waals surface area contributed by atoms with Crippen molar-refractivity contribution in [3.8, 4) is 0 Å². The van der Waals surface area contributed by atoms with E-state index in [9.17, 15) is 14.4 Å². The molecule has 0 aromatic carbocycles. The summed E-state index contributed by atoms with van der Waals surface area (Å²) < 4.78 is 0. The molecule has 0 aromatic rings. The topological polar surface area (TPSA) is 108 Å². The minimum atomic E-state index is -1.34. The molecule has 0 spiro atoms. The summed E-state index contributed by atoms with van der Waals surface area (Å²) in [6.45, 7) is 8.32. The van der Waals surface area contributed by atoms with Gasteiger partial charge in [0.2, 0.25) is 5.91 Å². The van der Waals surface area contributed by atoms with Gasteiger partial charge < -0.3 is 21.1 Å². The summed E-state index contributed by atoms with van der Waals surface area (Å²) in [5, 5.41) is 16.3. The minimum Gasteiger partial charge on any atom is -0.480 e. The molecule has 0 heterocycles. The molecule has 1 unspecified atom stereocenters. The third kappa shape index (κ3) is 6.64. The first-order valence-electron chi connectivity index (χ1n) is 6.10. The van der Waals surface area contributed by atoms with Crippen LogP contribution in [0.25, 0.3) is 0 Å². The van der Waals surface area contributed by atoms with E-state index in [0.717, 1.165) is 0 Å². The van der Waals surface area contributed by atoms with Gasteiger partial charge in [-0.25, -0.2) is 9.59 Å². The molecular weight excluding hydrogens is 250 g/mol. The highest BCUT2D eigenvalue weighted by Gasteiger charge is 2.32. The molecule has 0 saturated carbocycles. The zero-order valence-corrected chi connectivity index (χ0v) is 12.1. The second kappa shape index (κ2) is 6.40. The van der Waals surface area contributed by atoms with Crippen LogP contribution in [0.3, 0.4) is 0 Å². The van der Waals surface area contributed by atoms with Crippen molar-refractivity contribution in [2.24, 2.45) is 0 Å². The first-order valence-corrected chi connectivity index (χ1v) is 6.10. The van der Waals surface area contributed by atoms with E-state index in [1.54, 1.807) is 6.92 Å². The van der Waals surface area contributed by atoms with E-state index >= 15 is 0 Å². The van der Waals surface area contributed by atoms with Crippen LogP contribution >= 0.6 is 0 Å². The monoisotopic (exact) mass is 273 g/mol. The third-order valence-corrected chi connectivity index (χ3v) is 2.49. The number of aliphatic carboxylic acids is 1. The molecule has 0 rings (SSSR count). The Kier molecular flexibility index (Phi) is 5.80. The summed E-state index contributed by atoms with van der Waals surface area (Å²) in [6, 6.07) is -0.684. The zero-order valence-electron chi connectivity index (χ0n) is 12.1. The lowest BCUT2D eigenvalue weighted by Gasteiger charge is -2.25. The highest BCUT2D eigenvalue weighted by molar-refractivity contribution is 5.88. The van der Waals surface area contributed by atoms with E-state index in [4.69, 9.17) is 5.11 Å². The normalized spacial score (nSPS) is 14.2. The Balaban J connectivity index is 4.27. The predicted octanol–water partition coefficient (Wildman–Crippen LogP) is 0.454. The Hall–Kier alpha value is -1.79. The number of carboxylic acid groups (broad SMARTS) is 1. The molecule has 0 aliphatic carbocycles. The number of hydrogen-bond donors (Lipinski definition) is 4. The van der Waals surface area contributed by atoms with Crippen molar-refractivity contribution in [3.63, 3.8) is 0 Å². The zero-order chi connectivity index (χ0) is 15.3. The van der Waals surface area contributed by atoms with Crippen LogP contribution in [0.4, 0.5) is 4.79 Å². The lowest BCUT2D eigenvalue weighted by molar-refractivity contribution is -0.143. The van der Waals surface area contributed by atoms with Gasteiger partial charge in [0.1, 0.15) is 5.54 Å². The molecule has 7 nitrogen and oxygen atoms in total. The van der Waals surface area contributed by atoms with Gasteiger partial charge in [0.15, 0.2) is 0 Å². The highest BCUT2D eigenvalue weighted by atomic mass is 16.4. The van der Waals surface area contributed by atoms with E-state index in [0.29, 0.717) is 0 Å². The van der Waals surface area contributed by atoms with Gasteiger partial charge in [-0.2, -0.15) is 0 Å². The summed E-state index contributed by atoms with van der Waals surface area (Å²) in [4.78, 5) is 34.0. The van der Waals surface area contributed by atoms with E-state index < -0.39 is 17.5 Å². The molecule has 110 valence electrons. The number of carboxylic acids is 1. The second-order valence-corrected chi connectivity index (χ2v) is 5.60. The molecule has 0 aliphatic heterocycles. The van der Waals surface area contributed by atoms with Crippen LogP contribution in [0.1, 0.15) is 41.0 Å². The summed E-state index contributed by atoms with van der Waals surface area (Å²) >= 11 is 0. The van der Waals surface area contributed by atoms with Crippen molar-refractivity contribution in [1.82, 2.24) is 16.0 Å². The Bertz CT molecular complexity index is 362. The molecule has 0 aliphatic rings. The molecule has 3 amide bonds. The van der Waals surface area contributed by atoms with Crippen molar-refractivity contribution < 1.29 is 19.5 Å². The number of carbonyl (C=O) groups excluding carboxylic acids is 2. The quantitative estimate of drug-likeness (QED) is 0.583. The third-order valence-electron chi connectivity index (χ3n) is 2.49. The number of urea groups is 1. The second-order valence-electron chi connectivity index (χ2n) is 5.60. The van der Waals surface area contributed by atoms with E-state index in [1.807, 2.05) is 20.8 Å². The van der Waals surface area contributed by atoms with E-state index in [1.165, 1.54) is 6.92 Å². The number of carbonyl (C=O) groups is 3. The van der Waals surface area contributed by atoms with Gasteiger partial charge >= 0.3 is 12.0 Å². The molecule has 0 saturated heterocycles. The van der Waals surface area contributed by atoms with Crippen LogP contribution in [-0.4, -0.2) is 40.6 Å². The van der Waals surface area contributed by atoms with Crippen LogP contribution in [0.5, 0.6) is 0 Å². The van der Waals surface area contributed by atoms with E-state index in [-0.39, 0.29) is 24.4 Å². The Morgan fingerprint density at radius 3 is 1.95 bits per heavy atom. The van der Waals surface area contributed by atoms with Crippen LogP contribution in [-0.2, 0) is 9.59 Å². The van der Waals surface area contributed by atoms with Gasteiger partial charge in [0, 0.05) is 5.54 Å². The van der Waals surface area contributed by atoms with Gasteiger partial charge in [0.05, 0.1) is 6.54 Å². The molecule has 0 bridgehead atoms. The van der Waals surface area contributed by atoms with Crippen molar-refractivity contribution in [3.05, 3.63) is 0 Å². The van der Waals surface area contributed by atoms with Gasteiger partial charge in [-0.3, -0.25) is 4.79 Å². The summed E-state index contributed by atoms with van der Waals surface area (Å²) in [6.07, 6.45) is 0.240. The highest BCUT2D eigenvalue weighted by Crippen LogP contribution is 2.08. The predicted molar refractivity (Wildman–Crippen MR) is 70.8 cm³/mol. The van der Waals surface area contributed by atoms with Crippen LogP contribution in [0.2, 0.25) is 0 Å². The van der Waals surface area contributed by atoms with Gasteiger partial charge in [-0.05, 0) is 34.1 Å². The number of amides is 3. The summed E-state index contributed by atoms with van der Waals surface area (Å²) in [5.74, 6) is -1.46. The maximum Gasteiger partial charge on any atom is 0.329 e. The number of nitrogens with one attached hydrogen (secondary N) is 3. The molecule has 0 aromatic heterocycles. The fourth-order valence-electron chi connectivity index (χ4n) is 1.21. The molecular formula is C12H23N3O4. The van der Waals surface area contributed by atoms with Crippen molar-refractivity contribution in [2.75, 3.05) is 6.54 Å². The number of hydrogen-bond acceptors (Lipinski definition) is 3. The maximum atomic E-state index is 11.5. The SMILES string of the molecule is CCC(C)(NC(=O)NCC(=O)NC(C)(C)C)C(=O)O. The minimum absolute atomic E-state index is 0.206. The fourth-order valence-corrected chi connectivity index (χ4v) is 1.21. The van der Waals surface area contributed by atoms with Crippen LogP contribution < -0.4 is 16.0 Å². The maximum absolute atomic E-state index is 11.5. The van der Waals surface area contributed by atoms with Gasteiger partial charge in [0.25, 0.3) is 0 Å². The summed E-state index contributed by atoms with van der Waals surface area (Å²) in [7, 11) is 0. The first-order chi connectivity index (χ1) is 8.50. The van der Waals surface area contributed by atoms with E-state index in [2.05, 4.69) is 16.0 Å². The van der Waals surface area contributed by atoms with Crippen molar-refractivity contribution >= 4 is 17.9 Å².